The van der Waals surface area contributed by atoms with Gasteiger partial charge in [-0.2, -0.15) is 0 Å². The SMILES string of the molecule is C1CCN(C2CCNCC2)C1.CC.Cc1ccc(Cl)cc1. The maximum atomic E-state index is 5.61. The van der Waals surface area contributed by atoms with Gasteiger partial charge in [0.15, 0.2) is 0 Å². The van der Waals surface area contributed by atoms with Crippen molar-refractivity contribution >= 4 is 11.6 Å². The minimum absolute atomic E-state index is 0.801. The molecule has 2 saturated heterocycles. The average molecular weight is 311 g/mol. The molecule has 0 bridgehead atoms. The fourth-order valence-electron chi connectivity index (χ4n) is 2.81. The third-order valence-electron chi connectivity index (χ3n) is 3.98. The van der Waals surface area contributed by atoms with E-state index in [1.807, 2.05) is 45.0 Å². The third-order valence-corrected chi connectivity index (χ3v) is 4.23. The second-order valence-electron chi connectivity index (χ2n) is 5.52. The zero-order chi connectivity index (χ0) is 15.5. The summed E-state index contributed by atoms with van der Waals surface area (Å²) in [7, 11) is 0. The Balaban J connectivity index is 0.000000196. The van der Waals surface area contributed by atoms with Gasteiger partial charge in [-0.3, -0.25) is 0 Å². The predicted octanol–water partition coefficient (Wildman–Crippen LogP) is 4.51. The molecule has 1 aromatic carbocycles. The highest BCUT2D eigenvalue weighted by atomic mass is 35.5. The summed E-state index contributed by atoms with van der Waals surface area (Å²) in [6, 6.07) is 8.66. The van der Waals surface area contributed by atoms with Crippen LogP contribution in [-0.4, -0.2) is 37.1 Å². The molecule has 0 aromatic heterocycles. The average Bonchev–Trinajstić information content (AvgIpc) is 3.08. The highest BCUT2D eigenvalue weighted by Crippen LogP contribution is 2.17. The van der Waals surface area contributed by atoms with Gasteiger partial charge >= 0.3 is 0 Å². The van der Waals surface area contributed by atoms with Crippen molar-refractivity contribution in [3.8, 4) is 0 Å². The smallest absolute Gasteiger partial charge is 0.0406 e. The van der Waals surface area contributed by atoms with Crippen LogP contribution in [0.5, 0.6) is 0 Å². The summed E-state index contributed by atoms with van der Waals surface area (Å²) < 4.78 is 0. The number of hydrogen-bond acceptors (Lipinski definition) is 2. The van der Waals surface area contributed by atoms with Gasteiger partial charge in [-0.1, -0.05) is 43.1 Å². The fraction of sp³-hybridized carbons (Fsp3) is 0.667. The van der Waals surface area contributed by atoms with E-state index in [-0.39, 0.29) is 0 Å². The predicted molar refractivity (Wildman–Crippen MR) is 94.2 cm³/mol. The molecule has 2 fully saturated rings. The molecule has 120 valence electrons. The standard InChI is InChI=1S/C9H18N2.C7H7Cl.C2H6/c1-2-8-11(7-1)9-3-5-10-6-4-9;1-6-2-4-7(8)5-3-6;1-2/h9-10H,1-8H2;2-5H,1H3;1-2H3. The Morgan fingerprint density at radius 3 is 2.00 bits per heavy atom. The van der Waals surface area contributed by atoms with Crippen LogP contribution in [-0.2, 0) is 0 Å². The summed E-state index contributed by atoms with van der Waals surface area (Å²) in [5.74, 6) is 0. The van der Waals surface area contributed by atoms with Crippen molar-refractivity contribution in [3.63, 3.8) is 0 Å². The Kier molecular flexibility index (Phi) is 9.73. The summed E-state index contributed by atoms with van der Waals surface area (Å²) in [6.07, 6.45) is 5.62. The quantitative estimate of drug-likeness (QED) is 0.821. The third kappa shape index (κ3) is 7.30. The molecule has 0 aliphatic carbocycles. The lowest BCUT2D eigenvalue weighted by molar-refractivity contribution is 0.199. The number of nitrogens with one attached hydrogen (secondary N) is 1. The molecule has 1 aromatic rings. The van der Waals surface area contributed by atoms with Gasteiger partial charge in [-0.15, -0.1) is 0 Å². The van der Waals surface area contributed by atoms with Crippen molar-refractivity contribution in [2.45, 2.75) is 52.5 Å². The van der Waals surface area contributed by atoms with Gasteiger partial charge < -0.3 is 10.2 Å². The number of benzene rings is 1. The number of halogens is 1. The molecule has 21 heavy (non-hydrogen) atoms. The fourth-order valence-corrected chi connectivity index (χ4v) is 2.94. The number of hydrogen-bond donors (Lipinski definition) is 1. The van der Waals surface area contributed by atoms with Gasteiger partial charge in [0.1, 0.15) is 0 Å². The summed E-state index contributed by atoms with van der Waals surface area (Å²) >= 11 is 5.61. The van der Waals surface area contributed by atoms with Crippen LogP contribution in [0.1, 0.15) is 45.1 Å². The van der Waals surface area contributed by atoms with Gasteiger partial charge in [0, 0.05) is 11.1 Å². The van der Waals surface area contributed by atoms with E-state index >= 15 is 0 Å². The maximum absolute atomic E-state index is 5.61. The van der Waals surface area contributed by atoms with Gasteiger partial charge in [0.05, 0.1) is 0 Å². The Morgan fingerprint density at radius 2 is 1.52 bits per heavy atom. The van der Waals surface area contributed by atoms with Crippen molar-refractivity contribution in [2.24, 2.45) is 0 Å². The van der Waals surface area contributed by atoms with E-state index < -0.39 is 0 Å². The molecule has 2 heterocycles. The molecular weight excluding hydrogens is 280 g/mol. The van der Waals surface area contributed by atoms with Crippen LogP contribution < -0.4 is 5.32 Å². The molecule has 3 heteroatoms. The minimum atomic E-state index is 0.801. The molecule has 2 aliphatic heterocycles. The van der Waals surface area contributed by atoms with E-state index in [9.17, 15) is 0 Å². The lowest BCUT2D eigenvalue weighted by Crippen LogP contribution is -2.41. The van der Waals surface area contributed by atoms with Crippen molar-refractivity contribution < 1.29 is 0 Å². The summed E-state index contributed by atoms with van der Waals surface area (Å²) in [4.78, 5) is 2.68. The maximum Gasteiger partial charge on any atom is 0.0406 e. The molecule has 0 radical (unpaired) electrons. The highest BCUT2D eigenvalue weighted by Gasteiger charge is 2.22. The molecule has 2 aliphatic rings. The van der Waals surface area contributed by atoms with Gasteiger partial charge in [0.25, 0.3) is 0 Å². The Hall–Kier alpha value is -0.570. The first-order chi connectivity index (χ1) is 10.3. The first-order valence-electron chi connectivity index (χ1n) is 8.42. The molecule has 0 saturated carbocycles. The van der Waals surface area contributed by atoms with Crippen LogP contribution in [0.25, 0.3) is 0 Å². The number of likely N-dealkylation sites (tertiary alicyclic amines) is 1. The first kappa shape index (κ1) is 18.5. The topological polar surface area (TPSA) is 15.3 Å². The summed E-state index contributed by atoms with van der Waals surface area (Å²) in [6.45, 7) is 11.2. The van der Waals surface area contributed by atoms with Crippen molar-refractivity contribution in [1.29, 1.82) is 0 Å². The number of piperidine rings is 1. The van der Waals surface area contributed by atoms with Gasteiger partial charge in [-0.05, 0) is 70.9 Å². The van der Waals surface area contributed by atoms with E-state index in [0.29, 0.717) is 0 Å². The van der Waals surface area contributed by atoms with E-state index in [4.69, 9.17) is 11.6 Å². The molecule has 3 rings (SSSR count). The van der Waals surface area contributed by atoms with Crippen LogP contribution in [0, 0.1) is 6.92 Å². The minimum Gasteiger partial charge on any atom is -0.317 e. The van der Waals surface area contributed by atoms with Crippen LogP contribution in [0.15, 0.2) is 24.3 Å². The zero-order valence-corrected chi connectivity index (χ0v) is 14.6. The van der Waals surface area contributed by atoms with E-state index in [1.54, 1.807) is 0 Å². The zero-order valence-electron chi connectivity index (χ0n) is 13.9. The van der Waals surface area contributed by atoms with Gasteiger partial charge in [-0.25, -0.2) is 0 Å². The molecule has 0 amide bonds. The molecule has 0 atom stereocenters. The first-order valence-corrected chi connectivity index (χ1v) is 8.80. The number of rotatable bonds is 1. The van der Waals surface area contributed by atoms with Gasteiger partial charge in [0.2, 0.25) is 0 Å². The van der Waals surface area contributed by atoms with E-state index in [0.717, 1.165) is 11.1 Å². The highest BCUT2D eigenvalue weighted by molar-refractivity contribution is 6.30. The lowest BCUT2D eigenvalue weighted by atomic mass is 10.1. The lowest BCUT2D eigenvalue weighted by Gasteiger charge is -2.31. The summed E-state index contributed by atoms with van der Waals surface area (Å²) in [5, 5.41) is 4.21. The second-order valence-corrected chi connectivity index (χ2v) is 5.96. The monoisotopic (exact) mass is 310 g/mol. The van der Waals surface area contributed by atoms with Crippen molar-refractivity contribution in [3.05, 3.63) is 34.9 Å². The number of nitrogens with zero attached hydrogens (tertiary/aromatic N) is 1. The van der Waals surface area contributed by atoms with E-state index in [1.165, 1.54) is 57.4 Å². The molecular formula is C18H31ClN2. The Labute approximate surface area is 135 Å². The van der Waals surface area contributed by atoms with Crippen LogP contribution in [0.2, 0.25) is 5.02 Å². The largest absolute Gasteiger partial charge is 0.317 e. The summed E-state index contributed by atoms with van der Waals surface area (Å²) in [5.41, 5.74) is 1.24. The van der Waals surface area contributed by atoms with Crippen LogP contribution in [0.3, 0.4) is 0 Å². The van der Waals surface area contributed by atoms with Crippen LogP contribution in [0.4, 0.5) is 0 Å². The van der Waals surface area contributed by atoms with Crippen molar-refractivity contribution in [2.75, 3.05) is 26.2 Å². The molecule has 2 nitrogen and oxygen atoms in total. The Bertz CT molecular complexity index is 331. The molecule has 0 spiro atoms. The second kappa shape index (κ2) is 11.1. The normalized spacial score (nSPS) is 19.2. The van der Waals surface area contributed by atoms with Crippen molar-refractivity contribution in [1.82, 2.24) is 10.2 Å². The number of aryl methyl sites for hydroxylation is 1. The molecule has 0 unspecified atom stereocenters. The Morgan fingerprint density at radius 1 is 1.00 bits per heavy atom. The van der Waals surface area contributed by atoms with Crippen LogP contribution >= 0.6 is 11.6 Å². The molecule has 1 N–H and O–H groups in total. The van der Waals surface area contributed by atoms with E-state index in [2.05, 4.69) is 10.2 Å².